The molecule has 0 aliphatic carbocycles. The highest BCUT2D eigenvalue weighted by molar-refractivity contribution is 6.31. The van der Waals surface area contributed by atoms with Gasteiger partial charge in [0.1, 0.15) is 0 Å². The molecule has 1 aliphatic heterocycles. The number of halogens is 1. The zero-order valence-corrected chi connectivity index (χ0v) is 14.6. The summed E-state index contributed by atoms with van der Waals surface area (Å²) < 4.78 is 2.08. The number of aromatic nitrogens is 2. The van der Waals surface area contributed by atoms with Crippen LogP contribution in [0.15, 0.2) is 0 Å². The molecule has 5 heteroatoms. The molecule has 1 aromatic heterocycles. The van der Waals surface area contributed by atoms with E-state index in [9.17, 15) is 0 Å². The van der Waals surface area contributed by atoms with Crippen LogP contribution < -0.4 is 5.32 Å². The Kier molecular flexibility index (Phi) is 6.08. The largest absolute Gasteiger partial charge is 0.311 e. The second-order valence-electron chi connectivity index (χ2n) is 5.88. The normalized spacial score (nSPS) is 23.7. The van der Waals surface area contributed by atoms with Crippen LogP contribution in [0.4, 0.5) is 0 Å². The summed E-state index contributed by atoms with van der Waals surface area (Å²) in [5.41, 5.74) is 2.22. The van der Waals surface area contributed by atoms with Gasteiger partial charge in [0.15, 0.2) is 0 Å². The lowest BCUT2D eigenvalue weighted by Gasteiger charge is -2.40. The third-order valence-electron chi connectivity index (χ3n) is 4.62. The average molecular weight is 313 g/mol. The minimum Gasteiger partial charge on any atom is -0.311 e. The van der Waals surface area contributed by atoms with E-state index < -0.39 is 0 Å². The lowest BCUT2D eigenvalue weighted by Crippen LogP contribution is -2.55. The summed E-state index contributed by atoms with van der Waals surface area (Å²) in [5, 5.41) is 9.17. The SMILES string of the molecule is CCc1nn(CC)c(CN2CC(CC)NCC2CC)c1Cl. The molecule has 0 amide bonds. The van der Waals surface area contributed by atoms with Crippen molar-refractivity contribution in [1.29, 1.82) is 0 Å². The van der Waals surface area contributed by atoms with Gasteiger partial charge in [-0.05, 0) is 26.2 Å². The van der Waals surface area contributed by atoms with Crippen molar-refractivity contribution in [3.05, 3.63) is 16.4 Å². The maximum absolute atomic E-state index is 6.56. The molecule has 120 valence electrons. The molecule has 1 N–H and O–H groups in total. The Bertz CT molecular complexity index is 457. The maximum atomic E-state index is 6.56. The molecule has 4 nitrogen and oxygen atoms in total. The van der Waals surface area contributed by atoms with E-state index in [1.165, 1.54) is 18.5 Å². The van der Waals surface area contributed by atoms with Gasteiger partial charge in [-0.25, -0.2) is 0 Å². The van der Waals surface area contributed by atoms with Gasteiger partial charge in [0.2, 0.25) is 0 Å². The molecule has 0 spiro atoms. The van der Waals surface area contributed by atoms with Gasteiger partial charge in [0.25, 0.3) is 0 Å². The minimum atomic E-state index is 0.592. The van der Waals surface area contributed by atoms with Crippen molar-refractivity contribution in [2.45, 2.75) is 72.1 Å². The Hall–Kier alpha value is -0.580. The molecule has 1 fully saturated rings. The van der Waals surface area contributed by atoms with Gasteiger partial charge in [-0.2, -0.15) is 5.10 Å². The predicted octanol–water partition coefficient (Wildman–Crippen LogP) is 3.08. The topological polar surface area (TPSA) is 33.1 Å². The van der Waals surface area contributed by atoms with Crippen LogP contribution in [0.25, 0.3) is 0 Å². The Balaban J connectivity index is 2.20. The highest BCUT2D eigenvalue weighted by atomic mass is 35.5. The molecule has 2 heterocycles. The molecule has 1 aliphatic rings. The van der Waals surface area contributed by atoms with Crippen LogP contribution in [0.2, 0.25) is 5.02 Å². The van der Waals surface area contributed by atoms with Gasteiger partial charge in [0.05, 0.1) is 16.4 Å². The number of rotatable bonds is 6. The number of nitrogens with zero attached hydrogens (tertiary/aromatic N) is 3. The zero-order valence-electron chi connectivity index (χ0n) is 13.8. The van der Waals surface area contributed by atoms with Crippen molar-refractivity contribution in [1.82, 2.24) is 20.0 Å². The van der Waals surface area contributed by atoms with Gasteiger partial charge in [-0.15, -0.1) is 0 Å². The third-order valence-corrected chi connectivity index (χ3v) is 5.06. The Labute approximate surface area is 133 Å². The Morgan fingerprint density at radius 3 is 2.57 bits per heavy atom. The molecular weight excluding hydrogens is 284 g/mol. The van der Waals surface area contributed by atoms with Crippen LogP contribution in [0.1, 0.15) is 51.9 Å². The predicted molar refractivity (Wildman–Crippen MR) is 88.9 cm³/mol. The second-order valence-corrected chi connectivity index (χ2v) is 6.26. The summed E-state index contributed by atoms with van der Waals surface area (Å²) >= 11 is 6.56. The van der Waals surface area contributed by atoms with Crippen LogP contribution >= 0.6 is 11.6 Å². The van der Waals surface area contributed by atoms with Crippen LogP contribution in [0, 0.1) is 0 Å². The van der Waals surface area contributed by atoms with Gasteiger partial charge in [0, 0.05) is 38.3 Å². The van der Waals surface area contributed by atoms with Gasteiger partial charge in [-0.1, -0.05) is 32.4 Å². The molecule has 0 saturated carbocycles. The first-order chi connectivity index (χ1) is 10.1. The van der Waals surface area contributed by atoms with E-state index in [0.29, 0.717) is 12.1 Å². The number of piperazine rings is 1. The van der Waals surface area contributed by atoms with Gasteiger partial charge < -0.3 is 5.32 Å². The molecule has 0 aromatic carbocycles. The molecule has 2 atom stereocenters. The second kappa shape index (κ2) is 7.61. The fourth-order valence-electron chi connectivity index (χ4n) is 3.16. The molecule has 2 unspecified atom stereocenters. The van der Waals surface area contributed by atoms with Gasteiger partial charge >= 0.3 is 0 Å². The summed E-state index contributed by atoms with van der Waals surface area (Å²) in [5.74, 6) is 0. The fourth-order valence-corrected chi connectivity index (χ4v) is 3.49. The fraction of sp³-hybridized carbons (Fsp3) is 0.812. The van der Waals surface area contributed by atoms with Crippen LogP contribution in [-0.4, -0.2) is 39.9 Å². The Morgan fingerprint density at radius 1 is 1.24 bits per heavy atom. The van der Waals surface area contributed by atoms with Crippen molar-refractivity contribution in [2.75, 3.05) is 13.1 Å². The van der Waals surface area contributed by atoms with Gasteiger partial charge in [-0.3, -0.25) is 9.58 Å². The maximum Gasteiger partial charge on any atom is 0.0863 e. The van der Waals surface area contributed by atoms with E-state index in [-0.39, 0.29) is 0 Å². The number of nitrogens with one attached hydrogen (secondary N) is 1. The summed E-state index contributed by atoms with van der Waals surface area (Å²) in [6.45, 7) is 12.7. The highest BCUT2D eigenvalue weighted by Crippen LogP contribution is 2.25. The summed E-state index contributed by atoms with van der Waals surface area (Å²) in [6.07, 6.45) is 3.24. The monoisotopic (exact) mass is 312 g/mol. The minimum absolute atomic E-state index is 0.592. The van der Waals surface area contributed by atoms with E-state index in [0.717, 1.165) is 43.3 Å². The van der Waals surface area contributed by atoms with Crippen molar-refractivity contribution >= 4 is 11.6 Å². The van der Waals surface area contributed by atoms with Crippen LogP contribution in [0.3, 0.4) is 0 Å². The molecule has 1 saturated heterocycles. The molecular formula is C16H29ClN4. The summed E-state index contributed by atoms with van der Waals surface area (Å²) in [4.78, 5) is 2.58. The first-order valence-corrected chi connectivity index (χ1v) is 8.73. The lowest BCUT2D eigenvalue weighted by molar-refractivity contribution is 0.114. The standard InChI is InChI=1S/C16H29ClN4/c1-5-12-10-20(13(6-2)9-18-12)11-15-16(17)14(7-3)19-21(15)8-4/h12-13,18H,5-11H2,1-4H3. The van der Waals surface area contributed by atoms with Crippen molar-refractivity contribution < 1.29 is 0 Å². The molecule has 21 heavy (non-hydrogen) atoms. The van der Waals surface area contributed by atoms with E-state index >= 15 is 0 Å². The molecule has 0 bridgehead atoms. The molecule has 1 aromatic rings. The number of hydrogen-bond donors (Lipinski definition) is 1. The van der Waals surface area contributed by atoms with Crippen molar-refractivity contribution in [2.24, 2.45) is 0 Å². The average Bonchev–Trinajstić information content (AvgIpc) is 2.83. The van der Waals surface area contributed by atoms with Crippen LogP contribution in [-0.2, 0) is 19.5 Å². The summed E-state index contributed by atoms with van der Waals surface area (Å²) in [7, 11) is 0. The lowest BCUT2D eigenvalue weighted by atomic mass is 10.0. The van der Waals surface area contributed by atoms with Crippen molar-refractivity contribution in [3.8, 4) is 0 Å². The smallest absolute Gasteiger partial charge is 0.0863 e. The number of hydrogen-bond acceptors (Lipinski definition) is 3. The first-order valence-electron chi connectivity index (χ1n) is 8.35. The summed E-state index contributed by atoms with van der Waals surface area (Å²) in [6, 6.07) is 1.18. The van der Waals surface area contributed by atoms with Crippen molar-refractivity contribution in [3.63, 3.8) is 0 Å². The first kappa shape index (κ1) is 16.8. The molecule has 2 rings (SSSR count). The quantitative estimate of drug-likeness (QED) is 0.876. The third kappa shape index (κ3) is 3.61. The van der Waals surface area contributed by atoms with E-state index in [1.807, 2.05) is 0 Å². The molecule has 0 radical (unpaired) electrons. The zero-order chi connectivity index (χ0) is 15.4. The van der Waals surface area contributed by atoms with E-state index in [2.05, 4.69) is 47.7 Å². The van der Waals surface area contributed by atoms with E-state index in [1.54, 1.807) is 0 Å². The van der Waals surface area contributed by atoms with E-state index in [4.69, 9.17) is 11.6 Å². The Morgan fingerprint density at radius 2 is 2.00 bits per heavy atom. The number of aryl methyl sites for hydroxylation is 2. The highest BCUT2D eigenvalue weighted by Gasteiger charge is 2.28. The van der Waals surface area contributed by atoms with Crippen LogP contribution in [0.5, 0.6) is 0 Å².